The molecule has 7 nitrogen and oxygen atoms in total. The van der Waals surface area contributed by atoms with E-state index >= 15 is 0 Å². The third kappa shape index (κ3) is 9.76. The zero-order valence-electron chi connectivity index (χ0n) is 23.1. The molecule has 0 aliphatic carbocycles. The molecular weight excluding hydrogens is 595 g/mol. The number of aryl methyl sites for hydroxylation is 2. The number of hydrogen-bond acceptors (Lipinski definition) is 6. The lowest BCUT2D eigenvalue weighted by atomic mass is 9.95. The molecule has 3 rings (SSSR count). The zero-order valence-corrected chi connectivity index (χ0v) is 24.6. The summed E-state index contributed by atoms with van der Waals surface area (Å²) in [6.07, 6.45) is -2.18. The van der Waals surface area contributed by atoms with E-state index in [1.165, 1.54) is 36.1 Å². The maximum Gasteiger partial charge on any atom is 0.410 e. The van der Waals surface area contributed by atoms with Crippen molar-refractivity contribution in [3.63, 3.8) is 0 Å². The molecule has 2 unspecified atom stereocenters. The van der Waals surface area contributed by atoms with Gasteiger partial charge >= 0.3 is 12.1 Å². The van der Waals surface area contributed by atoms with Crippen molar-refractivity contribution in [2.75, 3.05) is 25.0 Å². The summed E-state index contributed by atoms with van der Waals surface area (Å²) >= 11 is 3.05. The van der Waals surface area contributed by atoms with E-state index < -0.39 is 48.0 Å². The molecule has 40 heavy (non-hydrogen) atoms. The predicted octanol–water partition coefficient (Wildman–Crippen LogP) is 6.17. The number of alkyl halides is 2. The van der Waals surface area contributed by atoms with Crippen LogP contribution >= 0.6 is 15.9 Å². The summed E-state index contributed by atoms with van der Waals surface area (Å²) in [6, 6.07) is 8.18. The van der Waals surface area contributed by atoms with Gasteiger partial charge in [-0.25, -0.2) is 18.0 Å². The Bertz CT molecular complexity index is 1250. The highest BCUT2D eigenvalue weighted by Gasteiger charge is 2.38. The Kier molecular flexibility index (Phi) is 11.9. The molecule has 0 radical (unpaired) electrons. The van der Waals surface area contributed by atoms with Crippen LogP contribution in [0.4, 0.5) is 18.0 Å². The fraction of sp³-hybridized carbons (Fsp3) is 0.448. The number of ketones is 2. The van der Waals surface area contributed by atoms with Gasteiger partial charge in [-0.3, -0.25) is 14.4 Å². The first-order valence-corrected chi connectivity index (χ1v) is 13.7. The SMILES string of the molecule is Cc1cc(C(=O)CBr)ccc1F.Cc1cc(C(=O)COC(=O)C2CCN(C(=O)OC(C)(C)C)CC2F)ccc1F. The van der Waals surface area contributed by atoms with Gasteiger partial charge in [-0.05, 0) is 88.6 Å². The van der Waals surface area contributed by atoms with Gasteiger partial charge in [0, 0.05) is 17.7 Å². The third-order valence-corrected chi connectivity index (χ3v) is 6.43. The molecule has 1 aliphatic heterocycles. The standard InChI is InChI=1S/C20H25F2NO5.C9H8BrFO/c1-12-9-13(5-6-15(12)21)17(24)11-27-18(25)14-7-8-23(10-16(14)22)19(26)28-20(2,3)4;1-6-4-7(9(12)5-10)2-3-8(6)11/h5-6,9,14,16H,7-8,10-11H2,1-4H3;2-4H,5H2,1H3. The van der Waals surface area contributed by atoms with Crippen molar-refractivity contribution < 1.29 is 41.8 Å². The van der Waals surface area contributed by atoms with Crippen LogP contribution in [0.3, 0.4) is 0 Å². The molecule has 0 spiro atoms. The molecule has 2 aromatic carbocycles. The topological polar surface area (TPSA) is 90.0 Å². The van der Waals surface area contributed by atoms with Crippen LogP contribution in [0.1, 0.15) is 59.0 Å². The number of ether oxygens (including phenoxy) is 2. The Morgan fingerprint density at radius 2 is 1.48 bits per heavy atom. The van der Waals surface area contributed by atoms with E-state index in [9.17, 15) is 32.3 Å². The fourth-order valence-electron chi connectivity index (χ4n) is 3.70. The minimum Gasteiger partial charge on any atom is -0.457 e. The normalized spacial score (nSPS) is 16.9. The van der Waals surface area contributed by atoms with Gasteiger partial charge in [-0.15, -0.1) is 0 Å². The van der Waals surface area contributed by atoms with Crippen LogP contribution in [-0.4, -0.2) is 65.3 Å². The van der Waals surface area contributed by atoms with E-state index in [0.717, 1.165) is 6.07 Å². The van der Waals surface area contributed by atoms with Crippen LogP contribution in [-0.2, 0) is 14.3 Å². The summed E-state index contributed by atoms with van der Waals surface area (Å²) in [4.78, 5) is 48.6. The van der Waals surface area contributed by atoms with Gasteiger partial charge in [0.1, 0.15) is 23.4 Å². The number of halogens is 4. The second-order valence-corrected chi connectivity index (χ2v) is 10.9. The summed E-state index contributed by atoms with van der Waals surface area (Å²) in [5.41, 5.74) is 0.865. The fourth-order valence-corrected chi connectivity index (χ4v) is 4.03. The number of likely N-dealkylation sites (tertiary alicyclic amines) is 1. The van der Waals surface area contributed by atoms with Crippen LogP contribution in [0.2, 0.25) is 0 Å². The van der Waals surface area contributed by atoms with Gasteiger partial charge in [0.25, 0.3) is 0 Å². The number of piperidine rings is 1. The molecule has 1 aliphatic rings. The molecule has 2 atom stereocenters. The largest absolute Gasteiger partial charge is 0.457 e. The Morgan fingerprint density at radius 1 is 0.950 bits per heavy atom. The number of rotatable bonds is 6. The molecule has 2 aromatic rings. The summed E-state index contributed by atoms with van der Waals surface area (Å²) < 4.78 is 50.6. The summed E-state index contributed by atoms with van der Waals surface area (Å²) in [5.74, 6) is -3.13. The molecule has 218 valence electrons. The van der Waals surface area contributed by atoms with Gasteiger partial charge in [-0.1, -0.05) is 15.9 Å². The van der Waals surface area contributed by atoms with Crippen LogP contribution < -0.4 is 0 Å². The molecule has 1 saturated heterocycles. The van der Waals surface area contributed by atoms with Gasteiger partial charge in [-0.2, -0.15) is 0 Å². The molecule has 1 amide bonds. The summed E-state index contributed by atoms with van der Waals surface area (Å²) in [7, 11) is 0. The lowest BCUT2D eigenvalue weighted by Gasteiger charge is -2.34. The zero-order chi connectivity index (χ0) is 30.2. The van der Waals surface area contributed by atoms with Crippen molar-refractivity contribution in [3.05, 3.63) is 70.3 Å². The maximum absolute atomic E-state index is 14.4. The third-order valence-electron chi connectivity index (χ3n) is 5.92. The van der Waals surface area contributed by atoms with Crippen molar-refractivity contribution >= 4 is 39.6 Å². The van der Waals surface area contributed by atoms with E-state index in [-0.39, 0.29) is 42.0 Å². The van der Waals surface area contributed by atoms with Gasteiger partial charge in [0.05, 0.1) is 17.8 Å². The van der Waals surface area contributed by atoms with Crippen LogP contribution in [0.5, 0.6) is 0 Å². The summed E-state index contributed by atoms with van der Waals surface area (Å²) in [6.45, 7) is 7.61. The second-order valence-electron chi connectivity index (χ2n) is 10.4. The molecular formula is C29H33BrF3NO6. The average Bonchev–Trinajstić information content (AvgIpc) is 2.89. The smallest absolute Gasteiger partial charge is 0.410 e. The molecule has 1 heterocycles. The van der Waals surface area contributed by atoms with Crippen molar-refractivity contribution in [1.29, 1.82) is 0 Å². The number of carbonyl (C=O) groups excluding carboxylic acids is 4. The van der Waals surface area contributed by atoms with Gasteiger partial charge in [0.2, 0.25) is 0 Å². The van der Waals surface area contributed by atoms with E-state index in [1.807, 2.05) is 0 Å². The minimum absolute atomic E-state index is 0.0295. The van der Waals surface area contributed by atoms with E-state index in [2.05, 4.69) is 15.9 Å². The van der Waals surface area contributed by atoms with Crippen LogP contribution in [0.25, 0.3) is 0 Å². The number of hydrogen-bond donors (Lipinski definition) is 0. The number of benzene rings is 2. The first-order valence-electron chi connectivity index (χ1n) is 12.6. The molecule has 1 fully saturated rings. The van der Waals surface area contributed by atoms with Gasteiger partial charge < -0.3 is 14.4 Å². The second kappa shape index (κ2) is 14.4. The number of Topliss-reactive ketones (excluding diaryl/α,β-unsaturated/α-hetero) is 2. The van der Waals surface area contributed by atoms with Crippen molar-refractivity contribution in [1.82, 2.24) is 4.90 Å². The molecule has 0 N–H and O–H groups in total. The summed E-state index contributed by atoms with van der Waals surface area (Å²) in [5, 5.41) is 0.276. The Balaban J connectivity index is 0.000000389. The Morgan fingerprint density at radius 3 is 1.93 bits per heavy atom. The maximum atomic E-state index is 14.4. The van der Waals surface area contributed by atoms with E-state index in [0.29, 0.717) is 16.7 Å². The highest BCUT2D eigenvalue weighted by atomic mass is 79.9. The molecule has 0 aromatic heterocycles. The predicted molar refractivity (Wildman–Crippen MR) is 146 cm³/mol. The number of nitrogens with zero attached hydrogens (tertiary/aromatic N) is 1. The van der Waals surface area contributed by atoms with E-state index in [4.69, 9.17) is 9.47 Å². The molecule has 0 saturated carbocycles. The first-order chi connectivity index (χ1) is 18.6. The lowest BCUT2D eigenvalue weighted by Crippen LogP contribution is -2.49. The Hall–Kier alpha value is -3.21. The molecule has 11 heteroatoms. The monoisotopic (exact) mass is 627 g/mol. The molecule has 0 bridgehead atoms. The number of esters is 1. The van der Waals surface area contributed by atoms with Crippen LogP contribution in [0, 0.1) is 31.4 Å². The first kappa shape index (κ1) is 33.0. The van der Waals surface area contributed by atoms with Gasteiger partial charge in [0.15, 0.2) is 18.2 Å². The van der Waals surface area contributed by atoms with Crippen molar-refractivity contribution in [2.45, 2.75) is 52.8 Å². The average molecular weight is 628 g/mol. The number of amides is 1. The highest BCUT2D eigenvalue weighted by molar-refractivity contribution is 9.09. The van der Waals surface area contributed by atoms with Crippen LogP contribution in [0.15, 0.2) is 36.4 Å². The van der Waals surface area contributed by atoms with E-state index in [1.54, 1.807) is 33.8 Å². The quantitative estimate of drug-likeness (QED) is 0.216. The minimum atomic E-state index is -1.61. The highest BCUT2D eigenvalue weighted by Crippen LogP contribution is 2.24. The lowest BCUT2D eigenvalue weighted by molar-refractivity contribution is -0.151. The van der Waals surface area contributed by atoms with Crippen molar-refractivity contribution in [2.24, 2.45) is 5.92 Å². The van der Waals surface area contributed by atoms with Crippen molar-refractivity contribution in [3.8, 4) is 0 Å². The number of carbonyl (C=O) groups is 4. The Labute approximate surface area is 240 Å².